The summed E-state index contributed by atoms with van der Waals surface area (Å²) in [5.74, 6) is -2.99. The van der Waals surface area contributed by atoms with Crippen molar-refractivity contribution < 1.29 is 29.7 Å². The Balaban J connectivity index is 0.000000481. The van der Waals surface area contributed by atoms with Gasteiger partial charge in [-0.2, -0.15) is 0 Å². The summed E-state index contributed by atoms with van der Waals surface area (Å²) in [6.45, 7) is 0.420. The zero-order valence-corrected chi connectivity index (χ0v) is 18.4. The van der Waals surface area contributed by atoms with Crippen LogP contribution in [0.3, 0.4) is 0 Å². The smallest absolute Gasteiger partial charge is 0.320 e. The number of nitrogens with two attached hydrogens (primary N) is 5. The number of aromatic amines is 2. The molecule has 0 saturated heterocycles. The topological polar surface area (TPSA) is 312 Å². The molecule has 3 unspecified atom stereocenters. The Morgan fingerprint density at radius 2 is 1.24 bits per heavy atom. The van der Waals surface area contributed by atoms with E-state index in [1.165, 1.54) is 12.7 Å². The number of H-pyrrole nitrogens is 2. The molecule has 34 heavy (non-hydrogen) atoms. The van der Waals surface area contributed by atoms with Gasteiger partial charge in [-0.3, -0.25) is 19.4 Å². The molecule has 0 saturated carbocycles. The summed E-state index contributed by atoms with van der Waals surface area (Å²) in [5.41, 5.74) is 27.3. The number of imidazole rings is 2. The van der Waals surface area contributed by atoms with Crippen LogP contribution in [-0.2, 0) is 27.2 Å². The van der Waals surface area contributed by atoms with Crippen LogP contribution < -0.4 is 28.7 Å². The van der Waals surface area contributed by atoms with Crippen molar-refractivity contribution >= 4 is 23.9 Å². The molecule has 2 aromatic rings. The van der Waals surface area contributed by atoms with Gasteiger partial charge in [0.05, 0.1) is 12.7 Å². The van der Waals surface area contributed by atoms with Crippen molar-refractivity contribution in [3.05, 3.63) is 36.4 Å². The molecule has 0 fully saturated rings. The highest BCUT2D eigenvalue weighted by molar-refractivity contribution is 5.75. The van der Waals surface area contributed by atoms with Gasteiger partial charge in [-0.05, 0) is 12.8 Å². The lowest BCUT2D eigenvalue weighted by Crippen LogP contribution is -2.32. The zero-order valence-electron chi connectivity index (χ0n) is 18.4. The largest absolute Gasteiger partial charge is 0.480 e. The molecule has 2 heterocycles. The standard InChI is InChI=1S/C6H14N4O2.2C6H9N3O2/c7-4(5(11)12)2-1-3-10-6(8)9;2*7-5(6(10)11)1-4-2-8-3-9-4/h4H,1-3,7H2,(H,11,12)(H4,8,9,10);2*2-3,5H,1,7H2,(H,8,9)(H,10,11). The van der Waals surface area contributed by atoms with Gasteiger partial charge in [-0.25, -0.2) is 9.97 Å². The van der Waals surface area contributed by atoms with Crippen LogP contribution in [-0.4, -0.2) is 83.8 Å². The number of nitrogens with zero attached hydrogens (tertiary/aromatic N) is 3. The van der Waals surface area contributed by atoms with Crippen LogP contribution >= 0.6 is 0 Å². The number of aromatic nitrogens is 4. The lowest BCUT2D eigenvalue weighted by Gasteiger charge is -2.03. The van der Waals surface area contributed by atoms with Crippen LogP contribution in [0.2, 0.25) is 0 Å². The molecule has 16 heteroatoms. The number of rotatable bonds is 11. The fourth-order valence-corrected chi connectivity index (χ4v) is 2.08. The van der Waals surface area contributed by atoms with Gasteiger partial charge < -0.3 is 54.0 Å². The molecule has 2 aromatic heterocycles. The van der Waals surface area contributed by atoms with Crippen LogP contribution in [0.5, 0.6) is 0 Å². The number of nitrogens with one attached hydrogen (secondary N) is 2. The molecular formula is C18H32N10O6. The summed E-state index contributed by atoms with van der Waals surface area (Å²) in [6.07, 6.45) is 7.63. The Hall–Kier alpha value is -4.02. The number of hydrogen-bond acceptors (Lipinski definition) is 9. The average Bonchev–Trinajstić information content (AvgIpc) is 3.46. The summed E-state index contributed by atoms with van der Waals surface area (Å²) in [4.78, 5) is 47.4. The first-order chi connectivity index (χ1) is 15.9. The first kappa shape index (κ1) is 30.0. The van der Waals surface area contributed by atoms with E-state index < -0.39 is 36.0 Å². The van der Waals surface area contributed by atoms with Gasteiger partial charge in [0.25, 0.3) is 0 Å². The van der Waals surface area contributed by atoms with Gasteiger partial charge in [0, 0.05) is 43.2 Å². The Morgan fingerprint density at radius 1 is 0.824 bits per heavy atom. The molecule has 15 N–H and O–H groups in total. The fraction of sp³-hybridized carbons (Fsp3) is 0.444. The average molecular weight is 485 g/mol. The van der Waals surface area contributed by atoms with Crippen LogP contribution in [0.25, 0.3) is 0 Å². The summed E-state index contributed by atoms with van der Waals surface area (Å²) in [5, 5.41) is 25.2. The minimum Gasteiger partial charge on any atom is -0.480 e. The minimum absolute atomic E-state index is 0.0129. The van der Waals surface area contributed by atoms with Crippen LogP contribution in [0.1, 0.15) is 24.2 Å². The van der Waals surface area contributed by atoms with Gasteiger partial charge in [0.2, 0.25) is 0 Å². The molecule has 0 spiro atoms. The molecule has 0 aromatic carbocycles. The van der Waals surface area contributed by atoms with E-state index in [0.717, 1.165) is 11.4 Å². The molecule has 0 aliphatic carbocycles. The molecule has 2 rings (SSSR count). The Labute approximate surface area is 194 Å². The third-order valence-corrected chi connectivity index (χ3v) is 3.91. The quantitative estimate of drug-likeness (QED) is 0.0874. The third kappa shape index (κ3) is 14.9. The monoisotopic (exact) mass is 484 g/mol. The number of hydrogen-bond donors (Lipinski definition) is 10. The van der Waals surface area contributed by atoms with E-state index in [1.807, 2.05) is 0 Å². The molecule has 0 aliphatic rings. The normalized spacial score (nSPS) is 12.6. The SMILES string of the molecule is NC(Cc1cnc[nH]1)C(=O)O.NC(Cc1cnc[nH]1)C(=O)O.NC(N)=NCCCC(N)C(=O)O. The number of carbonyl (C=O) groups is 3. The molecule has 0 amide bonds. The van der Waals surface area contributed by atoms with Crippen molar-refractivity contribution in [1.82, 2.24) is 19.9 Å². The number of aliphatic imine (C=N–C) groups is 1. The van der Waals surface area contributed by atoms with E-state index in [2.05, 4.69) is 24.9 Å². The van der Waals surface area contributed by atoms with Crippen LogP contribution in [0.15, 0.2) is 30.0 Å². The maximum Gasteiger partial charge on any atom is 0.320 e. The number of guanidine groups is 1. The minimum atomic E-state index is -1.00. The van der Waals surface area contributed by atoms with Crippen molar-refractivity contribution in [1.29, 1.82) is 0 Å². The van der Waals surface area contributed by atoms with E-state index >= 15 is 0 Å². The highest BCUT2D eigenvalue weighted by Crippen LogP contribution is 1.96. The van der Waals surface area contributed by atoms with Gasteiger partial charge in [-0.1, -0.05) is 0 Å². The number of carboxylic acids is 3. The molecule has 0 bridgehead atoms. The number of carboxylic acid groups (broad SMARTS) is 3. The molecule has 190 valence electrons. The van der Waals surface area contributed by atoms with Crippen molar-refractivity contribution in [3.8, 4) is 0 Å². The predicted molar refractivity (Wildman–Crippen MR) is 121 cm³/mol. The van der Waals surface area contributed by atoms with Crippen molar-refractivity contribution in [2.24, 2.45) is 33.7 Å². The molecular weight excluding hydrogens is 452 g/mol. The highest BCUT2D eigenvalue weighted by atomic mass is 16.4. The first-order valence-corrected chi connectivity index (χ1v) is 9.89. The Kier molecular flexibility index (Phi) is 14.6. The maximum absolute atomic E-state index is 10.3. The van der Waals surface area contributed by atoms with E-state index in [1.54, 1.807) is 12.4 Å². The Bertz CT molecular complexity index is 816. The molecule has 3 atom stereocenters. The van der Waals surface area contributed by atoms with E-state index in [4.69, 9.17) is 44.0 Å². The van der Waals surface area contributed by atoms with E-state index in [9.17, 15) is 14.4 Å². The fourth-order valence-electron chi connectivity index (χ4n) is 2.08. The predicted octanol–water partition coefficient (Wildman–Crippen LogP) is -2.82. The van der Waals surface area contributed by atoms with E-state index in [0.29, 0.717) is 19.4 Å². The molecule has 0 aliphatic heterocycles. The van der Waals surface area contributed by atoms with Crippen molar-refractivity contribution in [2.75, 3.05) is 6.54 Å². The maximum atomic E-state index is 10.3. The summed E-state index contributed by atoms with van der Waals surface area (Å²) >= 11 is 0. The summed E-state index contributed by atoms with van der Waals surface area (Å²) in [7, 11) is 0. The Morgan fingerprint density at radius 3 is 1.53 bits per heavy atom. The zero-order chi connectivity index (χ0) is 26.1. The van der Waals surface area contributed by atoms with Crippen molar-refractivity contribution in [3.63, 3.8) is 0 Å². The van der Waals surface area contributed by atoms with E-state index in [-0.39, 0.29) is 18.8 Å². The molecule has 16 nitrogen and oxygen atoms in total. The molecule has 0 radical (unpaired) electrons. The highest BCUT2D eigenvalue weighted by Gasteiger charge is 2.13. The second-order valence-corrected chi connectivity index (χ2v) is 6.84. The van der Waals surface area contributed by atoms with Crippen LogP contribution in [0.4, 0.5) is 0 Å². The second-order valence-electron chi connectivity index (χ2n) is 6.84. The second kappa shape index (κ2) is 16.6. The van der Waals surface area contributed by atoms with Gasteiger partial charge in [-0.15, -0.1) is 0 Å². The first-order valence-electron chi connectivity index (χ1n) is 9.89. The van der Waals surface area contributed by atoms with Crippen LogP contribution in [0, 0.1) is 0 Å². The van der Waals surface area contributed by atoms with Gasteiger partial charge in [0.15, 0.2) is 5.96 Å². The van der Waals surface area contributed by atoms with Gasteiger partial charge >= 0.3 is 17.9 Å². The summed E-state index contributed by atoms with van der Waals surface area (Å²) < 4.78 is 0. The summed E-state index contributed by atoms with van der Waals surface area (Å²) in [6, 6.07) is -2.52. The van der Waals surface area contributed by atoms with Gasteiger partial charge in [0.1, 0.15) is 18.1 Å². The number of aliphatic carboxylic acids is 3. The lowest BCUT2D eigenvalue weighted by atomic mass is 10.2. The lowest BCUT2D eigenvalue weighted by molar-refractivity contribution is -0.139. The van der Waals surface area contributed by atoms with Crippen molar-refractivity contribution in [2.45, 2.75) is 43.8 Å². The third-order valence-electron chi connectivity index (χ3n) is 3.91.